The molecule has 0 aromatic heterocycles. The topological polar surface area (TPSA) is 82.2 Å². The summed E-state index contributed by atoms with van der Waals surface area (Å²) >= 11 is 6.08. The molecule has 33 heavy (non-hydrogen) atoms. The van der Waals surface area contributed by atoms with Crippen molar-refractivity contribution in [2.45, 2.75) is 25.3 Å². The summed E-state index contributed by atoms with van der Waals surface area (Å²) in [5.74, 6) is -0.220. The van der Waals surface area contributed by atoms with Crippen molar-refractivity contribution in [2.24, 2.45) is 0 Å². The molecule has 2 aliphatic rings. The summed E-state index contributed by atoms with van der Waals surface area (Å²) in [6.45, 7) is 0.579. The molecule has 0 bridgehead atoms. The van der Waals surface area contributed by atoms with Crippen LogP contribution in [0, 0.1) is 0 Å². The van der Waals surface area contributed by atoms with Gasteiger partial charge < -0.3 is 19.9 Å². The fourth-order valence-electron chi connectivity index (χ4n) is 4.42. The molecule has 0 unspecified atom stereocenters. The van der Waals surface area contributed by atoms with Gasteiger partial charge in [0.05, 0.1) is 24.2 Å². The van der Waals surface area contributed by atoms with Gasteiger partial charge in [-0.3, -0.25) is 19.3 Å². The van der Waals surface area contributed by atoms with Crippen LogP contribution in [0.4, 0.5) is 17.1 Å². The maximum atomic E-state index is 13.5. The van der Waals surface area contributed by atoms with Crippen molar-refractivity contribution in [3.63, 3.8) is 0 Å². The molecule has 9 heteroatoms. The highest BCUT2D eigenvalue weighted by Crippen LogP contribution is 2.40. The molecule has 2 heterocycles. The van der Waals surface area contributed by atoms with Gasteiger partial charge in [-0.05, 0) is 55.7 Å². The van der Waals surface area contributed by atoms with Crippen molar-refractivity contribution < 1.29 is 19.1 Å². The number of fused-ring (bicyclic) bond motifs is 3. The number of methoxy groups -OCH3 is 1. The zero-order valence-corrected chi connectivity index (χ0v) is 19.7. The Kier molecular flexibility index (Phi) is 6.47. The smallest absolute Gasteiger partial charge is 0.253 e. The molecule has 8 nitrogen and oxygen atoms in total. The lowest BCUT2D eigenvalue weighted by molar-refractivity contribution is -0.123. The summed E-state index contributed by atoms with van der Waals surface area (Å²) in [6, 6.07) is 9.98. The van der Waals surface area contributed by atoms with E-state index in [1.54, 1.807) is 44.4 Å². The van der Waals surface area contributed by atoms with Gasteiger partial charge in [0.2, 0.25) is 11.8 Å². The highest BCUT2D eigenvalue weighted by Gasteiger charge is 2.40. The van der Waals surface area contributed by atoms with Crippen molar-refractivity contribution >= 4 is 46.4 Å². The second-order valence-corrected chi connectivity index (χ2v) is 8.86. The number of carbonyl (C=O) groups excluding carboxylic acids is 3. The van der Waals surface area contributed by atoms with Gasteiger partial charge in [-0.2, -0.15) is 0 Å². The van der Waals surface area contributed by atoms with Gasteiger partial charge in [0, 0.05) is 31.2 Å². The minimum Gasteiger partial charge on any atom is -0.495 e. The number of benzene rings is 2. The molecular formula is C24H27ClN4O4. The Morgan fingerprint density at radius 1 is 1.15 bits per heavy atom. The van der Waals surface area contributed by atoms with Gasteiger partial charge in [-0.25, -0.2) is 0 Å². The second kappa shape index (κ2) is 9.31. The van der Waals surface area contributed by atoms with Crippen LogP contribution in [0.15, 0.2) is 36.4 Å². The molecule has 0 saturated carbocycles. The third kappa shape index (κ3) is 4.48. The fraction of sp³-hybridized carbons (Fsp3) is 0.375. The van der Waals surface area contributed by atoms with E-state index in [-0.39, 0.29) is 30.3 Å². The molecule has 2 aliphatic heterocycles. The number of carbonyl (C=O) groups is 3. The van der Waals surface area contributed by atoms with E-state index in [2.05, 4.69) is 10.2 Å². The Labute approximate surface area is 198 Å². The van der Waals surface area contributed by atoms with Gasteiger partial charge in [0.25, 0.3) is 5.91 Å². The Balaban J connectivity index is 1.67. The van der Waals surface area contributed by atoms with Crippen LogP contribution in [-0.2, 0) is 9.59 Å². The number of rotatable bonds is 5. The number of nitrogens with zero attached hydrogens (tertiary/aromatic N) is 3. The van der Waals surface area contributed by atoms with Gasteiger partial charge in [0.1, 0.15) is 18.3 Å². The monoisotopic (exact) mass is 470 g/mol. The molecule has 3 amide bonds. The number of piperidine rings is 1. The molecule has 4 rings (SSSR count). The fourth-order valence-corrected chi connectivity index (χ4v) is 4.60. The zero-order chi connectivity index (χ0) is 23.7. The Morgan fingerprint density at radius 2 is 1.94 bits per heavy atom. The van der Waals surface area contributed by atoms with E-state index in [0.717, 1.165) is 31.5 Å². The van der Waals surface area contributed by atoms with Crippen LogP contribution in [-0.4, -0.2) is 63.0 Å². The number of halogens is 1. The average Bonchev–Trinajstić information content (AvgIpc) is 2.81. The maximum absolute atomic E-state index is 13.5. The molecule has 2 aromatic rings. The Bertz CT molecular complexity index is 1100. The number of hydrogen-bond donors (Lipinski definition) is 1. The summed E-state index contributed by atoms with van der Waals surface area (Å²) in [5, 5.41) is 3.25. The number of nitrogens with one attached hydrogen (secondary N) is 1. The van der Waals surface area contributed by atoms with E-state index in [1.165, 1.54) is 16.9 Å². The summed E-state index contributed by atoms with van der Waals surface area (Å²) in [6.07, 6.45) is 2.69. The SMILES string of the molecule is COc1ccc(Cl)cc1NC(=O)CN1C(=O)[C@@H]2CCCCN2c2ccc(C(=O)N(C)C)cc21. The van der Waals surface area contributed by atoms with E-state index < -0.39 is 0 Å². The lowest BCUT2D eigenvalue weighted by atomic mass is 9.95. The molecule has 2 aromatic carbocycles. The van der Waals surface area contributed by atoms with Gasteiger partial charge in [0.15, 0.2) is 0 Å². The van der Waals surface area contributed by atoms with Crippen molar-refractivity contribution in [3.8, 4) is 5.75 Å². The normalized spacial score (nSPS) is 17.2. The van der Waals surface area contributed by atoms with Crippen molar-refractivity contribution in [1.82, 2.24) is 4.90 Å². The number of amides is 3. The van der Waals surface area contributed by atoms with Crippen molar-refractivity contribution in [1.29, 1.82) is 0 Å². The highest BCUT2D eigenvalue weighted by molar-refractivity contribution is 6.31. The first-order valence-corrected chi connectivity index (χ1v) is 11.2. The summed E-state index contributed by atoms with van der Waals surface area (Å²) in [4.78, 5) is 44.1. The minimum atomic E-state index is -0.386. The molecule has 1 fully saturated rings. The first-order valence-electron chi connectivity index (χ1n) is 10.9. The van der Waals surface area contributed by atoms with Gasteiger partial charge >= 0.3 is 0 Å². The van der Waals surface area contributed by atoms with E-state index >= 15 is 0 Å². The van der Waals surface area contributed by atoms with Gasteiger partial charge in [-0.15, -0.1) is 0 Å². The second-order valence-electron chi connectivity index (χ2n) is 8.43. The minimum absolute atomic E-state index is 0.134. The lowest BCUT2D eigenvalue weighted by Crippen LogP contribution is -2.56. The standard InChI is InChI=1S/C24H27ClN4O4/c1-27(2)23(31)15-7-9-18-20(12-15)29(24(32)19-6-4-5-11-28(18)19)14-22(30)26-17-13-16(25)8-10-21(17)33-3/h7-10,12-13,19H,4-6,11,14H2,1-3H3,(H,26,30)/t19-/m0/s1. The van der Waals surface area contributed by atoms with Crippen LogP contribution in [0.1, 0.15) is 29.6 Å². The van der Waals surface area contributed by atoms with Crippen LogP contribution in [0.25, 0.3) is 0 Å². The maximum Gasteiger partial charge on any atom is 0.253 e. The molecule has 1 atom stereocenters. The van der Waals surface area contributed by atoms with Crippen LogP contribution in [0.2, 0.25) is 5.02 Å². The predicted octanol–water partition coefficient (Wildman–Crippen LogP) is 3.39. The third-order valence-electron chi connectivity index (χ3n) is 6.02. The summed E-state index contributed by atoms with van der Waals surface area (Å²) < 4.78 is 5.30. The number of ether oxygens (including phenoxy) is 1. The largest absolute Gasteiger partial charge is 0.495 e. The summed E-state index contributed by atoms with van der Waals surface area (Å²) in [5.41, 5.74) is 2.32. The molecular weight excluding hydrogens is 444 g/mol. The Morgan fingerprint density at radius 3 is 2.67 bits per heavy atom. The molecule has 0 spiro atoms. The molecule has 1 saturated heterocycles. The number of hydrogen-bond acceptors (Lipinski definition) is 5. The van der Waals surface area contributed by atoms with E-state index in [1.807, 2.05) is 6.07 Å². The predicted molar refractivity (Wildman–Crippen MR) is 128 cm³/mol. The molecule has 1 N–H and O–H groups in total. The highest BCUT2D eigenvalue weighted by atomic mass is 35.5. The van der Waals surface area contributed by atoms with Crippen LogP contribution >= 0.6 is 11.6 Å². The average molecular weight is 471 g/mol. The molecule has 174 valence electrons. The van der Waals surface area contributed by atoms with E-state index in [4.69, 9.17) is 16.3 Å². The third-order valence-corrected chi connectivity index (χ3v) is 6.26. The zero-order valence-electron chi connectivity index (χ0n) is 18.9. The first-order chi connectivity index (χ1) is 15.8. The Hall–Kier alpha value is -3.26. The summed E-state index contributed by atoms with van der Waals surface area (Å²) in [7, 11) is 4.86. The van der Waals surface area contributed by atoms with Gasteiger partial charge in [-0.1, -0.05) is 11.6 Å². The molecule has 0 aliphatic carbocycles. The van der Waals surface area contributed by atoms with Crippen LogP contribution in [0.3, 0.4) is 0 Å². The van der Waals surface area contributed by atoms with Crippen molar-refractivity contribution in [2.75, 3.05) is 49.4 Å². The van der Waals surface area contributed by atoms with Crippen LogP contribution < -0.4 is 19.9 Å². The first kappa shape index (κ1) is 22.9. The lowest BCUT2D eigenvalue weighted by Gasteiger charge is -2.45. The van der Waals surface area contributed by atoms with Crippen LogP contribution in [0.5, 0.6) is 5.75 Å². The number of anilines is 3. The molecule has 0 radical (unpaired) electrons. The van der Waals surface area contributed by atoms with E-state index in [0.29, 0.717) is 27.7 Å². The van der Waals surface area contributed by atoms with Crippen molar-refractivity contribution in [3.05, 3.63) is 47.0 Å². The van der Waals surface area contributed by atoms with E-state index in [9.17, 15) is 14.4 Å². The quantitative estimate of drug-likeness (QED) is 0.724.